The van der Waals surface area contributed by atoms with Crippen LogP contribution in [0.5, 0.6) is 0 Å². The summed E-state index contributed by atoms with van der Waals surface area (Å²) in [5.74, 6) is -0.881. The molecule has 0 radical (unpaired) electrons. The second kappa shape index (κ2) is 4.82. The molecule has 1 heterocycles. The molecule has 1 fully saturated rings. The SMILES string of the molecule is CN(C)C(=O)CN1CCCCC1(C)C(=O)O. The van der Waals surface area contributed by atoms with Gasteiger partial charge in [-0.15, -0.1) is 0 Å². The Morgan fingerprint density at radius 3 is 2.50 bits per heavy atom. The molecule has 1 unspecified atom stereocenters. The van der Waals surface area contributed by atoms with E-state index in [4.69, 9.17) is 0 Å². The van der Waals surface area contributed by atoms with Crippen molar-refractivity contribution < 1.29 is 14.7 Å². The summed E-state index contributed by atoms with van der Waals surface area (Å²) in [4.78, 5) is 26.2. The third-order valence-corrected chi connectivity index (χ3v) is 3.33. The molecule has 92 valence electrons. The Balaban J connectivity index is 2.75. The lowest BCUT2D eigenvalue weighted by atomic mass is 9.88. The van der Waals surface area contributed by atoms with Gasteiger partial charge < -0.3 is 10.0 Å². The highest BCUT2D eigenvalue weighted by molar-refractivity contribution is 5.81. The quantitative estimate of drug-likeness (QED) is 0.759. The van der Waals surface area contributed by atoms with Crippen molar-refractivity contribution in [3.05, 3.63) is 0 Å². The summed E-state index contributed by atoms with van der Waals surface area (Å²) < 4.78 is 0. The largest absolute Gasteiger partial charge is 0.480 e. The Bertz CT molecular complexity index is 291. The van der Waals surface area contributed by atoms with E-state index in [1.807, 2.05) is 0 Å². The molecule has 1 saturated heterocycles. The normalized spacial score (nSPS) is 26.4. The summed E-state index contributed by atoms with van der Waals surface area (Å²) >= 11 is 0. The van der Waals surface area contributed by atoms with Crippen molar-refractivity contribution in [1.29, 1.82) is 0 Å². The number of piperidine rings is 1. The molecule has 5 nitrogen and oxygen atoms in total. The van der Waals surface area contributed by atoms with E-state index in [-0.39, 0.29) is 12.5 Å². The molecular formula is C11H20N2O3. The molecular weight excluding hydrogens is 208 g/mol. The van der Waals surface area contributed by atoms with Crippen LogP contribution in [-0.2, 0) is 9.59 Å². The van der Waals surface area contributed by atoms with Gasteiger partial charge in [0.2, 0.25) is 5.91 Å². The van der Waals surface area contributed by atoms with Crippen molar-refractivity contribution >= 4 is 11.9 Å². The highest BCUT2D eigenvalue weighted by Crippen LogP contribution is 2.27. The lowest BCUT2D eigenvalue weighted by Gasteiger charge is -2.41. The van der Waals surface area contributed by atoms with E-state index in [1.165, 1.54) is 4.90 Å². The standard InChI is InChI=1S/C11H20N2O3/c1-11(10(15)16)6-4-5-7-13(11)8-9(14)12(2)3/h4-8H2,1-3H3,(H,15,16). The second-order valence-corrected chi connectivity index (χ2v) is 4.75. The van der Waals surface area contributed by atoms with Crippen LogP contribution in [0.1, 0.15) is 26.2 Å². The molecule has 0 spiro atoms. The number of rotatable bonds is 3. The topological polar surface area (TPSA) is 60.9 Å². The van der Waals surface area contributed by atoms with Crippen LogP contribution < -0.4 is 0 Å². The molecule has 0 aromatic heterocycles. The van der Waals surface area contributed by atoms with Crippen LogP contribution in [0.25, 0.3) is 0 Å². The number of amides is 1. The van der Waals surface area contributed by atoms with Crippen LogP contribution in [-0.4, -0.2) is 59.5 Å². The fourth-order valence-corrected chi connectivity index (χ4v) is 1.98. The van der Waals surface area contributed by atoms with Crippen molar-refractivity contribution in [2.45, 2.75) is 31.7 Å². The molecule has 0 saturated carbocycles. The van der Waals surface area contributed by atoms with Crippen LogP contribution in [0, 0.1) is 0 Å². The molecule has 16 heavy (non-hydrogen) atoms. The molecule has 0 aromatic carbocycles. The fourth-order valence-electron chi connectivity index (χ4n) is 1.98. The zero-order chi connectivity index (χ0) is 12.3. The van der Waals surface area contributed by atoms with E-state index in [9.17, 15) is 14.7 Å². The number of carboxylic acids is 1. The number of carbonyl (C=O) groups excluding carboxylic acids is 1. The minimum atomic E-state index is -0.885. The van der Waals surface area contributed by atoms with E-state index in [0.29, 0.717) is 13.0 Å². The Kier molecular flexibility index (Phi) is 3.91. The van der Waals surface area contributed by atoms with Crippen molar-refractivity contribution in [2.75, 3.05) is 27.2 Å². The van der Waals surface area contributed by atoms with Gasteiger partial charge in [0.1, 0.15) is 5.54 Å². The molecule has 1 N–H and O–H groups in total. The van der Waals surface area contributed by atoms with E-state index in [1.54, 1.807) is 25.9 Å². The van der Waals surface area contributed by atoms with E-state index in [0.717, 1.165) is 12.8 Å². The number of hydrogen-bond donors (Lipinski definition) is 1. The van der Waals surface area contributed by atoms with Crippen molar-refractivity contribution in [3.8, 4) is 0 Å². The van der Waals surface area contributed by atoms with Crippen LogP contribution in [0.3, 0.4) is 0 Å². The zero-order valence-corrected chi connectivity index (χ0v) is 10.2. The summed E-state index contributed by atoms with van der Waals surface area (Å²) in [6.45, 7) is 2.58. The first-order valence-electron chi connectivity index (χ1n) is 5.56. The van der Waals surface area contributed by atoms with Crippen LogP contribution in [0.15, 0.2) is 0 Å². The van der Waals surface area contributed by atoms with Gasteiger partial charge in [-0.3, -0.25) is 14.5 Å². The lowest BCUT2D eigenvalue weighted by molar-refractivity contribution is -0.154. The minimum absolute atomic E-state index is 0.0469. The molecule has 1 amide bonds. The highest BCUT2D eigenvalue weighted by atomic mass is 16.4. The van der Waals surface area contributed by atoms with Gasteiger partial charge in [-0.25, -0.2) is 0 Å². The molecule has 1 atom stereocenters. The van der Waals surface area contributed by atoms with Gasteiger partial charge in [-0.2, -0.15) is 0 Å². The third-order valence-electron chi connectivity index (χ3n) is 3.33. The number of likely N-dealkylation sites (tertiary alicyclic amines) is 1. The number of aliphatic carboxylic acids is 1. The maximum atomic E-state index is 11.6. The minimum Gasteiger partial charge on any atom is -0.480 e. The lowest BCUT2D eigenvalue weighted by Crippen LogP contribution is -2.57. The van der Waals surface area contributed by atoms with Gasteiger partial charge in [-0.1, -0.05) is 0 Å². The van der Waals surface area contributed by atoms with Crippen LogP contribution >= 0.6 is 0 Å². The maximum absolute atomic E-state index is 11.6. The molecule has 5 heteroatoms. The number of carboxylic acid groups (broad SMARTS) is 1. The molecule has 0 aromatic rings. The number of likely N-dealkylation sites (N-methyl/N-ethyl adjacent to an activating group) is 1. The molecule has 1 rings (SSSR count). The first kappa shape index (κ1) is 13.0. The summed E-state index contributed by atoms with van der Waals surface area (Å²) in [7, 11) is 3.37. The predicted molar refractivity (Wildman–Crippen MR) is 60.2 cm³/mol. The zero-order valence-electron chi connectivity index (χ0n) is 10.2. The summed E-state index contributed by atoms with van der Waals surface area (Å²) in [5.41, 5.74) is -0.885. The summed E-state index contributed by atoms with van der Waals surface area (Å²) in [6, 6.07) is 0. The van der Waals surface area contributed by atoms with E-state index >= 15 is 0 Å². The maximum Gasteiger partial charge on any atom is 0.323 e. The van der Waals surface area contributed by atoms with Crippen molar-refractivity contribution in [2.24, 2.45) is 0 Å². The second-order valence-electron chi connectivity index (χ2n) is 4.75. The van der Waals surface area contributed by atoms with Crippen molar-refractivity contribution in [1.82, 2.24) is 9.80 Å². The Hall–Kier alpha value is -1.10. The average molecular weight is 228 g/mol. The highest BCUT2D eigenvalue weighted by Gasteiger charge is 2.41. The Morgan fingerprint density at radius 1 is 1.38 bits per heavy atom. The van der Waals surface area contributed by atoms with Crippen LogP contribution in [0.4, 0.5) is 0 Å². The number of nitrogens with zero attached hydrogens (tertiary/aromatic N) is 2. The fraction of sp³-hybridized carbons (Fsp3) is 0.818. The molecule has 0 bridgehead atoms. The van der Waals surface area contributed by atoms with Crippen molar-refractivity contribution in [3.63, 3.8) is 0 Å². The number of carbonyl (C=O) groups is 2. The molecule has 1 aliphatic heterocycles. The summed E-state index contributed by atoms with van der Waals surface area (Å²) in [6.07, 6.45) is 2.49. The molecule has 1 aliphatic rings. The molecule has 0 aliphatic carbocycles. The van der Waals surface area contributed by atoms with E-state index in [2.05, 4.69) is 0 Å². The predicted octanol–water partition coefficient (Wildman–Crippen LogP) is 0.404. The van der Waals surface area contributed by atoms with Crippen LogP contribution in [0.2, 0.25) is 0 Å². The Morgan fingerprint density at radius 2 is 2.00 bits per heavy atom. The van der Waals surface area contributed by atoms with Gasteiger partial charge in [0.25, 0.3) is 0 Å². The van der Waals surface area contributed by atoms with Gasteiger partial charge in [-0.05, 0) is 32.7 Å². The van der Waals surface area contributed by atoms with E-state index < -0.39 is 11.5 Å². The average Bonchev–Trinajstić information content (AvgIpc) is 2.21. The van der Waals surface area contributed by atoms with Gasteiger partial charge >= 0.3 is 5.97 Å². The monoisotopic (exact) mass is 228 g/mol. The summed E-state index contributed by atoms with van der Waals surface area (Å²) in [5, 5.41) is 9.25. The van der Waals surface area contributed by atoms with Gasteiger partial charge in [0.15, 0.2) is 0 Å². The number of hydrogen-bond acceptors (Lipinski definition) is 3. The van der Waals surface area contributed by atoms with Gasteiger partial charge in [0, 0.05) is 14.1 Å². The third kappa shape index (κ3) is 2.52. The van der Waals surface area contributed by atoms with Gasteiger partial charge in [0.05, 0.1) is 6.54 Å². The first-order valence-corrected chi connectivity index (χ1v) is 5.56. The smallest absolute Gasteiger partial charge is 0.323 e. The first-order chi connectivity index (χ1) is 7.38. The Labute approximate surface area is 96.0 Å².